The normalized spacial score (nSPS) is 20.4. The molecule has 0 bridgehead atoms. The lowest BCUT2D eigenvalue weighted by Gasteiger charge is -2.35. The SMILES string of the molecule is COc1cc2c(cc1OC)CN(C(=O)CN1CCCCC1C(=O)O)CC2. The van der Waals surface area contributed by atoms with Crippen molar-refractivity contribution in [1.82, 2.24) is 9.80 Å². The maximum absolute atomic E-state index is 12.8. The van der Waals surface area contributed by atoms with Crippen molar-refractivity contribution in [2.24, 2.45) is 0 Å². The Kier molecular flexibility index (Phi) is 5.66. The van der Waals surface area contributed by atoms with Gasteiger partial charge in [0.05, 0.1) is 20.8 Å². The van der Waals surface area contributed by atoms with Gasteiger partial charge in [-0.2, -0.15) is 0 Å². The van der Waals surface area contributed by atoms with Crippen LogP contribution in [-0.2, 0) is 22.6 Å². The first kappa shape index (κ1) is 18.5. The van der Waals surface area contributed by atoms with E-state index in [2.05, 4.69) is 0 Å². The summed E-state index contributed by atoms with van der Waals surface area (Å²) in [5.74, 6) is 0.503. The van der Waals surface area contributed by atoms with Crippen molar-refractivity contribution in [3.63, 3.8) is 0 Å². The Morgan fingerprint density at radius 1 is 1.12 bits per heavy atom. The van der Waals surface area contributed by atoms with Gasteiger partial charge in [-0.1, -0.05) is 6.42 Å². The molecule has 1 aromatic rings. The number of fused-ring (bicyclic) bond motifs is 1. The van der Waals surface area contributed by atoms with Gasteiger partial charge in [0.15, 0.2) is 11.5 Å². The number of rotatable bonds is 5. The molecule has 1 fully saturated rings. The first-order valence-corrected chi connectivity index (χ1v) is 9.02. The standard InChI is InChI=1S/C19H26N2O5/c1-25-16-9-13-6-8-21(11-14(13)10-17(16)26-2)18(22)12-20-7-4-3-5-15(20)19(23)24/h9-10,15H,3-8,11-12H2,1-2H3,(H,23,24). The highest BCUT2D eigenvalue weighted by Crippen LogP contribution is 2.33. The van der Waals surface area contributed by atoms with E-state index in [1.807, 2.05) is 17.0 Å². The van der Waals surface area contributed by atoms with Gasteiger partial charge < -0.3 is 19.5 Å². The third kappa shape index (κ3) is 3.77. The molecule has 0 aliphatic carbocycles. The van der Waals surface area contributed by atoms with E-state index in [0.717, 1.165) is 30.4 Å². The van der Waals surface area contributed by atoms with E-state index in [-0.39, 0.29) is 12.5 Å². The molecule has 7 nitrogen and oxygen atoms in total. The van der Waals surface area contributed by atoms with Crippen LogP contribution in [-0.4, -0.2) is 66.7 Å². The summed E-state index contributed by atoms with van der Waals surface area (Å²) in [7, 11) is 3.21. The van der Waals surface area contributed by atoms with Crippen molar-refractivity contribution in [2.75, 3.05) is 33.9 Å². The van der Waals surface area contributed by atoms with E-state index in [9.17, 15) is 14.7 Å². The highest BCUT2D eigenvalue weighted by Gasteiger charge is 2.31. The largest absolute Gasteiger partial charge is 0.493 e. The smallest absolute Gasteiger partial charge is 0.320 e. The molecule has 1 amide bonds. The Labute approximate surface area is 153 Å². The van der Waals surface area contributed by atoms with E-state index < -0.39 is 12.0 Å². The van der Waals surface area contributed by atoms with Crippen molar-refractivity contribution in [3.05, 3.63) is 23.3 Å². The first-order valence-electron chi connectivity index (χ1n) is 9.02. The topological polar surface area (TPSA) is 79.3 Å². The molecule has 1 unspecified atom stereocenters. The number of ether oxygens (including phenoxy) is 2. The fraction of sp³-hybridized carbons (Fsp3) is 0.579. The summed E-state index contributed by atoms with van der Waals surface area (Å²) in [6.45, 7) is 1.98. The second kappa shape index (κ2) is 7.95. The van der Waals surface area contributed by atoms with Crippen LogP contribution in [0.2, 0.25) is 0 Å². The molecule has 3 rings (SSSR count). The van der Waals surface area contributed by atoms with E-state index >= 15 is 0 Å². The number of amides is 1. The van der Waals surface area contributed by atoms with Crippen LogP contribution in [0.4, 0.5) is 0 Å². The lowest BCUT2D eigenvalue weighted by molar-refractivity contribution is -0.146. The van der Waals surface area contributed by atoms with Crippen molar-refractivity contribution in [2.45, 2.75) is 38.3 Å². The molecule has 0 spiro atoms. The third-order valence-corrected chi connectivity index (χ3v) is 5.31. The van der Waals surface area contributed by atoms with Gasteiger partial charge in [0.1, 0.15) is 6.04 Å². The second-order valence-corrected chi connectivity index (χ2v) is 6.86. The minimum absolute atomic E-state index is 0.0152. The molecule has 26 heavy (non-hydrogen) atoms. The van der Waals surface area contributed by atoms with Crippen LogP contribution in [0.1, 0.15) is 30.4 Å². The monoisotopic (exact) mass is 362 g/mol. The molecular formula is C19H26N2O5. The number of carboxylic acids is 1. The molecule has 0 saturated carbocycles. The Balaban J connectivity index is 1.69. The van der Waals surface area contributed by atoms with E-state index in [1.54, 1.807) is 19.1 Å². The number of carbonyl (C=O) groups excluding carboxylic acids is 1. The van der Waals surface area contributed by atoms with Gasteiger partial charge in [0.2, 0.25) is 5.91 Å². The van der Waals surface area contributed by atoms with Gasteiger partial charge in [-0.25, -0.2) is 0 Å². The molecule has 2 heterocycles. The summed E-state index contributed by atoms with van der Waals surface area (Å²) in [6.07, 6.45) is 3.21. The van der Waals surface area contributed by atoms with Crippen LogP contribution in [0.15, 0.2) is 12.1 Å². The first-order chi connectivity index (χ1) is 12.5. The fourth-order valence-corrected chi connectivity index (χ4v) is 3.83. The van der Waals surface area contributed by atoms with Crippen LogP contribution < -0.4 is 9.47 Å². The number of aliphatic carboxylic acids is 1. The van der Waals surface area contributed by atoms with E-state index in [1.165, 1.54) is 0 Å². The second-order valence-electron chi connectivity index (χ2n) is 6.86. The van der Waals surface area contributed by atoms with Gasteiger partial charge in [-0.15, -0.1) is 0 Å². The van der Waals surface area contributed by atoms with Gasteiger partial charge >= 0.3 is 5.97 Å². The maximum Gasteiger partial charge on any atom is 0.320 e. The Morgan fingerprint density at radius 2 is 1.81 bits per heavy atom. The lowest BCUT2D eigenvalue weighted by atomic mass is 9.98. The molecule has 2 aliphatic rings. The van der Waals surface area contributed by atoms with Crippen molar-refractivity contribution < 1.29 is 24.2 Å². The number of benzene rings is 1. The quantitative estimate of drug-likeness (QED) is 0.856. The summed E-state index contributed by atoms with van der Waals surface area (Å²) in [6, 6.07) is 3.35. The van der Waals surface area contributed by atoms with Crippen LogP contribution in [0.5, 0.6) is 11.5 Å². The molecule has 1 N–H and O–H groups in total. The van der Waals surface area contributed by atoms with E-state index in [0.29, 0.717) is 37.6 Å². The molecule has 1 aromatic carbocycles. The average molecular weight is 362 g/mol. The third-order valence-electron chi connectivity index (χ3n) is 5.31. The summed E-state index contributed by atoms with van der Waals surface area (Å²) < 4.78 is 10.7. The number of hydrogen-bond donors (Lipinski definition) is 1. The Morgan fingerprint density at radius 3 is 2.46 bits per heavy atom. The average Bonchev–Trinajstić information content (AvgIpc) is 2.66. The summed E-state index contributed by atoms with van der Waals surface area (Å²) >= 11 is 0. The van der Waals surface area contributed by atoms with Crippen molar-refractivity contribution in [3.8, 4) is 11.5 Å². The van der Waals surface area contributed by atoms with Crippen LogP contribution in [0, 0.1) is 0 Å². The van der Waals surface area contributed by atoms with Crippen LogP contribution in [0.25, 0.3) is 0 Å². The predicted octanol–water partition coefficient (Wildman–Crippen LogP) is 1.53. The summed E-state index contributed by atoms with van der Waals surface area (Å²) in [5.41, 5.74) is 2.21. The predicted molar refractivity (Wildman–Crippen MR) is 95.5 cm³/mol. The number of carbonyl (C=O) groups is 2. The van der Waals surface area contributed by atoms with E-state index in [4.69, 9.17) is 9.47 Å². The van der Waals surface area contributed by atoms with Gasteiger partial charge in [-0.05, 0) is 49.1 Å². The number of methoxy groups -OCH3 is 2. The number of nitrogens with zero attached hydrogens (tertiary/aromatic N) is 2. The Bertz CT molecular complexity index is 691. The Hall–Kier alpha value is -2.28. The van der Waals surface area contributed by atoms with Crippen LogP contribution >= 0.6 is 0 Å². The molecule has 7 heteroatoms. The summed E-state index contributed by atoms with van der Waals surface area (Å²) in [4.78, 5) is 27.8. The zero-order valence-electron chi connectivity index (χ0n) is 15.4. The minimum Gasteiger partial charge on any atom is -0.493 e. The molecular weight excluding hydrogens is 336 g/mol. The molecule has 2 aliphatic heterocycles. The minimum atomic E-state index is -0.835. The van der Waals surface area contributed by atoms with Crippen molar-refractivity contribution >= 4 is 11.9 Å². The maximum atomic E-state index is 12.8. The summed E-state index contributed by atoms with van der Waals surface area (Å²) in [5, 5.41) is 9.38. The van der Waals surface area contributed by atoms with Crippen LogP contribution in [0.3, 0.4) is 0 Å². The highest BCUT2D eigenvalue weighted by atomic mass is 16.5. The van der Waals surface area contributed by atoms with Gasteiger partial charge in [0, 0.05) is 13.1 Å². The lowest BCUT2D eigenvalue weighted by Crippen LogP contribution is -2.50. The number of piperidine rings is 1. The number of hydrogen-bond acceptors (Lipinski definition) is 5. The highest BCUT2D eigenvalue weighted by molar-refractivity contribution is 5.80. The number of carboxylic acid groups (broad SMARTS) is 1. The zero-order chi connectivity index (χ0) is 18.7. The fourth-order valence-electron chi connectivity index (χ4n) is 3.83. The zero-order valence-corrected chi connectivity index (χ0v) is 15.4. The molecule has 0 aromatic heterocycles. The molecule has 0 radical (unpaired) electrons. The van der Waals surface area contributed by atoms with Gasteiger partial charge in [0.25, 0.3) is 0 Å². The molecule has 1 atom stereocenters. The van der Waals surface area contributed by atoms with Crippen molar-refractivity contribution in [1.29, 1.82) is 0 Å². The van der Waals surface area contributed by atoms with Gasteiger partial charge in [-0.3, -0.25) is 14.5 Å². The number of likely N-dealkylation sites (tertiary alicyclic amines) is 1. The molecule has 142 valence electrons. The molecule has 1 saturated heterocycles.